The SMILES string of the molecule is CNC(=O)CCNS(=O)(=O)c1c(C)c(C)cc(C)c1C. The van der Waals surface area contributed by atoms with Gasteiger partial charge in [0.1, 0.15) is 0 Å². The molecule has 6 heteroatoms. The van der Waals surface area contributed by atoms with Crippen molar-refractivity contribution in [3.05, 3.63) is 28.3 Å². The zero-order valence-corrected chi connectivity index (χ0v) is 13.4. The number of hydrogen-bond acceptors (Lipinski definition) is 3. The van der Waals surface area contributed by atoms with Crippen molar-refractivity contribution in [1.82, 2.24) is 10.0 Å². The first-order chi connectivity index (χ1) is 9.20. The van der Waals surface area contributed by atoms with Crippen LogP contribution in [0.25, 0.3) is 0 Å². The van der Waals surface area contributed by atoms with Crippen LogP contribution in [0.4, 0.5) is 0 Å². The van der Waals surface area contributed by atoms with Crippen molar-refractivity contribution in [3.8, 4) is 0 Å². The van der Waals surface area contributed by atoms with Gasteiger partial charge in [-0.2, -0.15) is 0 Å². The van der Waals surface area contributed by atoms with Gasteiger partial charge in [0.2, 0.25) is 15.9 Å². The number of amides is 1. The van der Waals surface area contributed by atoms with E-state index in [0.717, 1.165) is 22.3 Å². The molecule has 1 aromatic rings. The molecule has 20 heavy (non-hydrogen) atoms. The van der Waals surface area contributed by atoms with Crippen molar-refractivity contribution in [3.63, 3.8) is 0 Å². The van der Waals surface area contributed by atoms with Crippen LogP contribution in [0.5, 0.6) is 0 Å². The van der Waals surface area contributed by atoms with E-state index in [9.17, 15) is 13.2 Å². The number of sulfonamides is 1. The van der Waals surface area contributed by atoms with E-state index >= 15 is 0 Å². The predicted molar refractivity (Wildman–Crippen MR) is 79.3 cm³/mol. The number of aryl methyl sites for hydroxylation is 2. The zero-order chi connectivity index (χ0) is 15.5. The second-order valence-electron chi connectivity index (χ2n) is 4.91. The van der Waals surface area contributed by atoms with E-state index in [0.29, 0.717) is 4.90 Å². The quantitative estimate of drug-likeness (QED) is 0.861. The molecule has 1 aromatic carbocycles. The molecule has 0 aliphatic carbocycles. The Hall–Kier alpha value is -1.40. The van der Waals surface area contributed by atoms with Gasteiger partial charge in [0, 0.05) is 20.0 Å². The smallest absolute Gasteiger partial charge is 0.241 e. The third-order valence-corrected chi connectivity index (χ3v) is 5.22. The first kappa shape index (κ1) is 16.7. The van der Waals surface area contributed by atoms with Crippen LogP contribution in [-0.2, 0) is 14.8 Å². The van der Waals surface area contributed by atoms with Crippen LogP contribution in [0.15, 0.2) is 11.0 Å². The Kier molecular flexibility index (Phi) is 5.30. The topological polar surface area (TPSA) is 75.3 Å². The second kappa shape index (κ2) is 6.37. The first-order valence-electron chi connectivity index (χ1n) is 6.48. The lowest BCUT2D eigenvalue weighted by atomic mass is 10.0. The van der Waals surface area contributed by atoms with Crippen molar-refractivity contribution >= 4 is 15.9 Å². The molecule has 0 aliphatic rings. The fourth-order valence-electron chi connectivity index (χ4n) is 2.08. The van der Waals surface area contributed by atoms with Gasteiger partial charge in [-0.15, -0.1) is 0 Å². The summed E-state index contributed by atoms with van der Waals surface area (Å²) in [5.74, 6) is -0.193. The number of rotatable bonds is 5. The molecule has 0 spiro atoms. The van der Waals surface area contributed by atoms with Crippen LogP contribution >= 0.6 is 0 Å². The van der Waals surface area contributed by atoms with Gasteiger partial charge in [-0.05, 0) is 49.9 Å². The lowest BCUT2D eigenvalue weighted by Gasteiger charge is -2.16. The summed E-state index contributed by atoms with van der Waals surface area (Å²) < 4.78 is 27.3. The van der Waals surface area contributed by atoms with Gasteiger partial charge in [0.25, 0.3) is 0 Å². The van der Waals surface area contributed by atoms with Crippen LogP contribution < -0.4 is 10.0 Å². The third kappa shape index (κ3) is 3.58. The Morgan fingerprint density at radius 3 is 2.05 bits per heavy atom. The lowest BCUT2D eigenvalue weighted by Crippen LogP contribution is -2.30. The summed E-state index contributed by atoms with van der Waals surface area (Å²) in [4.78, 5) is 11.5. The van der Waals surface area contributed by atoms with Crippen LogP contribution in [0.1, 0.15) is 28.7 Å². The van der Waals surface area contributed by atoms with Gasteiger partial charge in [-0.25, -0.2) is 13.1 Å². The van der Waals surface area contributed by atoms with Gasteiger partial charge in [-0.3, -0.25) is 4.79 Å². The van der Waals surface area contributed by atoms with Crippen LogP contribution in [0, 0.1) is 27.7 Å². The fourth-order valence-corrected chi connectivity index (χ4v) is 3.72. The summed E-state index contributed by atoms with van der Waals surface area (Å²) in [6.45, 7) is 7.48. The minimum atomic E-state index is -3.60. The molecule has 112 valence electrons. The third-order valence-electron chi connectivity index (χ3n) is 3.49. The van der Waals surface area contributed by atoms with E-state index in [1.165, 1.54) is 7.05 Å². The average molecular weight is 298 g/mol. The highest BCUT2D eigenvalue weighted by molar-refractivity contribution is 7.89. The number of carbonyl (C=O) groups is 1. The van der Waals surface area contributed by atoms with Crippen LogP contribution in [-0.4, -0.2) is 27.9 Å². The van der Waals surface area contributed by atoms with Crippen molar-refractivity contribution in [2.75, 3.05) is 13.6 Å². The van der Waals surface area contributed by atoms with E-state index in [4.69, 9.17) is 0 Å². The van der Waals surface area contributed by atoms with Gasteiger partial charge in [0.05, 0.1) is 4.90 Å². The molecule has 0 aliphatic heterocycles. The van der Waals surface area contributed by atoms with Crippen molar-refractivity contribution in [2.24, 2.45) is 0 Å². The molecule has 0 fully saturated rings. The predicted octanol–water partition coefficient (Wildman–Crippen LogP) is 1.33. The maximum atomic E-state index is 12.4. The largest absolute Gasteiger partial charge is 0.359 e. The van der Waals surface area contributed by atoms with Crippen molar-refractivity contribution < 1.29 is 13.2 Å². The molecule has 0 atom stereocenters. The highest BCUT2D eigenvalue weighted by Gasteiger charge is 2.21. The Morgan fingerprint density at radius 1 is 1.10 bits per heavy atom. The van der Waals surface area contributed by atoms with Gasteiger partial charge >= 0.3 is 0 Å². The highest BCUT2D eigenvalue weighted by atomic mass is 32.2. The summed E-state index contributed by atoms with van der Waals surface area (Å²) in [6.07, 6.45) is 0.124. The minimum Gasteiger partial charge on any atom is -0.359 e. The number of benzene rings is 1. The van der Waals surface area contributed by atoms with Crippen LogP contribution in [0.2, 0.25) is 0 Å². The Labute approximate surface area is 120 Å². The van der Waals surface area contributed by atoms with E-state index in [2.05, 4.69) is 10.0 Å². The maximum absolute atomic E-state index is 12.4. The summed E-state index contributed by atoms with van der Waals surface area (Å²) in [5.41, 5.74) is 3.39. The zero-order valence-electron chi connectivity index (χ0n) is 12.6. The molecule has 1 amide bonds. The van der Waals surface area contributed by atoms with E-state index in [1.54, 1.807) is 13.8 Å². The number of hydrogen-bond donors (Lipinski definition) is 2. The molecular weight excluding hydrogens is 276 g/mol. The molecule has 0 saturated heterocycles. The summed E-state index contributed by atoms with van der Waals surface area (Å²) in [5, 5.41) is 2.46. The van der Waals surface area contributed by atoms with E-state index < -0.39 is 10.0 Å². The monoisotopic (exact) mass is 298 g/mol. The molecule has 0 aromatic heterocycles. The normalized spacial score (nSPS) is 11.4. The lowest BCUT2D eigenvalue weighted by molar-refractivity contribution is -0.120. The average Bonchev–Trinajstić information content (AvgIpc) is 2.36. The standard InChI is InChI=1S/C14H22N2O3S/c1-9-8-10(2)12(4)14(11(9)3)20(18,19)16-7-6-13(17)15-5/h8,16H,6-7H2,1-5H3,(H,15,17). The molecule has 0 heterocycles. The van der Waals surface area contributed by atoms with Crippen LogP contribution in [0.3, 0.4) is 0 Å². The molecule has 0 unspecified atom stereocenters. The Bertz CT molecular complexity index is 596. The number of carbonyl (C=O) groups excluding carboxylic acids is 1. The summed E-state index contributed by atoms with van der Waals surface area (Å²) >= 11 is 0. The van der Waals surface area contributed by atoms with Crippen molar-refractivity contribution in [1.29, 1.82) is 0 Å². The molecule has 5 nitrogen and oxygen atoms in total. The highest BCUT2D eigenvalue weighted by Crippen LogP contribution is 2.25. The molecule has 0 radical (unpaired) electrons. The first-order valence-corrected chi connectivity index (χ1v) is 7.96. The molecule has 2 N–H and O–H groups in total. The summed E-state index contributed by atoms with van der Waals surface area (Å²) in [6, 6.07) is 1.98. The van der Waals surface area contributed by atoms with Gasteiger partial charge < -0.3 is 5.32 Å². The van der Waals surface area contributed by atoms with Gasteiger partial charge in [0.15, 0.2) is 0 Å². The second-order valence-corrected chi connectivity index (χ2v) is 6.61. The Balaban J connectivity index is 3.07. The Morgan fingerprint density at radius 2 is 1.60 bits per heavy atom. The molecular formula is C14H22N2O3S. The number of nitrogens with one attached hydrogen (secondary N) is 2. The maximum Gasteiger partial charge on any atom is 0.241 e. The van der Waals surface area contributed by atoms with E-state index in [1.807, 2.05) is 19.9 Å². The van der Waals surface area contributed by atoms with E-state index in [-0.39, 0.29) is 18.9 Å². The molecule has 0 bridgehead atoms. The molecule has 0 saturated carbocycles. The van der Waals surface area contributed by atoms with Gasteiger partial charge in [-0.1, -0.05) is 6.07 Å². The molecule has 1 rings (SSSR count). The minimum absolute atomic E-state index is 0.0911. The fraction of sp³-hybridized carbons (Fsp3) is 0.500. The summed E-state index contributed by atoms with van der Waals surface area (Å²) in [7, 11) is -2.08. The van der Waals surface area contributed by atoms with Crippen molar-refractivity contribution in [2.45, 2.75) is 39.0 Å².